The molecule has 1 aromatic heterocycles. The third kappa shape index (κ3) is 4.41. The van der Waals surface area contributed by atoms with Crippen molar-refractivity contribution in [2.75, 3.05) is 11.9 Å². The van der Waals surface area contributed by atoms with Crippen molar-refractivity contribution in [3.05, 3.63) is 17.7 Å². The van der Waals surface area contributed by atoms with Gasteiger partial charge in [0.25, 0.3) is 5.91 Å². The van der Waals surface area contributed by atoms with Crippen LogP contribution < -0.4 is 10.6 Å². The third-order valence-corrected chi connectivity index (χ3v) is 3.67. The second-order valence-electron chi connectivity index (χ2n) is 6.23. The Hall–Kier alpha value is -1.65. The SMILES string of the molecule is CCNc1cnc(C(C)C)nc1C(=O)NC(C)CC1CC1. The number of amides is 1. The summed E-state index contributed by atoms with van der Waals surface area (Å²) in [5.74, 6) is 1.60. The van der Waals surface area contributed by atoms with Gasteiger partial charge in [0.1, 0.15) is 5.82 Å². The van der Waals surface area contributed by atoms with E-state index >= 15 is 0 Å². The van der Waals surface area contributed by atoms with Crippen LogP contribution in [-0.4, -0.2) is 28.5 Å². The first-order valence-electron chi connectivity index (χ1n) is 7.92. The molecule has 0 aliphatic heterocycles. The fourth-order valence-corrected chi connectivity index (χ4v) is 2.37. The van der Waals surface area contributed by atoms with Gasteiger partial charge >= 0.3 is 0 Å². The molecule has 5 nitrogen and oxygen atoms in total. The summed E-state index contributed by atoms with van der Waals surface area (Å²) in [5.41, 5.74) is 1.16. The molecule has 21 heavy (non-hydrogen) atoms. The number of aromatic nitrogens is 2. The van der Waals surface area contributed by atoms with Crippen molar-refractivity contribution >= 4 is 11.6 Å². The minimum atomic E-state index is -0.108. The molecule has 1 aliphatic carbocycles. The predicted molar refractivity (Wildman–Crippen MR) is 84.6 cm³/mol. The fraction of sp³-hybridized carbons (Fsp3) is 0.688. The van der Waals surface area contributed by atoms with E-state index in [4.69, 9.17) is 0 Å². The average molecular weight is 290 g/mol. The summed E-state index contributed by atoms with van der Waals surface area (Å²) in [7, 11) is 0. The number of hydrogen-bond acceptors (Lipinski definition) is 4. The van der Waals surface area contributed by atoms with Gasteiger partial charge in [-0.3, -0.25) is 4.79 Å². The molecule has 0 radical (unpaired) electrons. The molecule has 0 saturated heterocycles. The summed E-state index contributed by atoms with van der Waals surface area (Å²) in [4.78, 5) is 21.3. The second kappa shape index (κ2) is 6.87. The molecule has 1 unspecified atom stereocenters. The quantitative estimate of drug-likeness (QED) is 0.810. The highest BCUT2D eigenvalue weighted by molar-refractivity contribution is 5.97. The first-order chi connectivity index (χ1) is 10.0. The Bertz CT molecular complexity index is 497. The molecule has 2 N–H and O–H groups in total. The van der Waals surface area contributed by atoms with Crippen LogP contribution in [0.4, 0.5) is 5.69 Å². The highest BCUT2D eigenvalue weighted by Gasteiger charge is 2.25. The summed E-state index contributed by atoms with van der Waals surface area (Å²) >= 11 is 0. The predicted octanol–water partition coefficient (Wildman–Crippen LogP) is 2.95. The average Bonchev–Trinajstić information content (AvgIpc) is 3.22. The van der Waals surface area contributed by atoms with Crippen LogP contribution in [-0.2, 0) is 0 Å². The van der Waals surface area contributed by atoms with Crippen LogP contribution in [0, 0.1) is 5.92 Å². The molecule has 1 heterocycles. The van der Waals surface area contributed by atoms with E-state index in [2.05, 4.69) is 27.5 Å². The maximum Gasteiger partial charge on any atom is 0.272 e. The molecule has 0 bridgehead atoms. The van der Waals surface area contributed by atoms with Gasteiger partial charge < -0.3 is 10.6 Å². The van der Waals surface area contributed by atoms with Crippen molar-refractivity contribution in [2.45, 2.75) is 58.9 Å². The van der Waals surface area contributed by atoms with E-state index in [1.807, 2.05) is 20.8 Å². The Labute approximate surface area is 127 Å². The number of anilines is 1. The Kier molecular flexibility index (Phi) is 5.15. The number of rotatable bonds is 7. The van der Waals surface area contributed by atoms with Gasteiger partial charge in [-0.1, -0.05) is 26.7 Å². The van der Waals surface area contributed by atoms with E-state index in [1.54, 1.807) is 6.20 Å². The van der Waals surface area contributed by atoms with Crippen LogP contribution in [0.3, 0.4) is 0 Å². The lowest BCUT2D eigenvalue weighted by Gasteiger charge is -2.16. The van der Waals surface area contributed by atoms with Crippen molar-refractivity contribution in [2.24, 2.45) is 5.92 Å². The molecule has 1 aromatic rings. The molecule has 1 saturated carbocycles. The largest absolute Gasteiger partial charge is 0.382 e. The molecule has 5 heteroatoms. The van der Waals surface area contributed by atoms with Gasteiger partial charge in [0.05, 0.1) is 11.9 Å². The molecule has 1 aliphatic rings. The highest BCUT2D eigenvalue weighted by atomic mass is 16.2. The summed E-state index contributed by atoms with van der Waals surface area (Å²) in [6.45, 7) is 8.85. The lowest BCUT2D eigenvalue weighted by atomic mass is 10.1. The topological polar surface area (TPSA) is 66.9 Å². The van der Waals surface area contributed by atoms with Gasteiger partial charge in [-0.2, -0.15) is 0 Å². The van der Waals surface area contributed by atoms with Crippen molar-refractivity contribution in [1.82, 2.24) is 15.3 Å². The first kappa shape index (κ1) is 15.7. The van der Waals surface area contributed by atoms with Crippen molar-refractivity contribution in [3.63, 3.8) is 0 Å². The summed E-state index contributed by atoms with van der Waals surface area (Å²) in [6, 6.07) is 0.192. The zero-order valence-corrected chi connectivity index (χ0v) is 13.4. The summed E-state index contributed by atoms with van der Waals surface area (Å²) < 4.78 is 0. The normalized spacial score (nSPS) is 15.9. The van der Waals surface area contributed by atoms with E-state index < -0.39 is 0 Å². The maximum atomic E-state index is 12.5. The molecular formula is C16H26N4O. The lowest BCUT2D eigenvalue weighted by molar-refractivity contribution is 0.0932. The van der Waals surface area contributed by atoms with Crippen molar-refractivity contribution < 1.29 is 4.79 Å². The van der Waals surface area contributed by atoms with Crippen molar-refractivity contribution in [3.8, 4) is 0 Å². The molecular weight excluding hydrogens is 264 g/mol. The van der Waals surface area contributed by atoms with Crippen LogP contribution in [0.5, 0.6) is 0 Å². The van der Waals surface area contributed by atoms with E-state index in [0.29, 0.717) is 17.2 Å². The van der Waals surface area contributed by atoms with Gasteiger partial charge in [-0.25, -0.2) is 9.97 Å². The van der Waals surface area contributed by atoms with Gasteiger partial charge in [0.15, 0.2) is 5.69 Å². The van der Waals surface area contributed by atoms with E-state index in [1.165, 1.54) is 12.8 Å². The minimum Gasteiger partial charge on any atom is -0.382 e. The standard InChI is InChI=1S/C16H26N4O/c1-5-17-13-9-18-15(10(2)3)20-14(13)16(21)19-11(4)8-12-6-7-12/h9-12,17H,5-8H2,1-4H3,(H,19,21). The monoisotopic (exact) mass is 290 g/mol. The highest BCUT2D eigenvalue weighted by Crippen LogP contribution is 2.33. The molecule has 1 fully saturated rings. The molecule has 2 rings (SSSR count). The zero-order valence-electron chi connectivity index (χ0n) is 13.4. The van der Waals surface area contributed by atoms with Gasteiger partial charge in [0.2, 0.25) is 0 Å². The first-order valence-corrected chi connectivity index (χ1v) is 7.92. The Morgan fingerprint density at radius 3 is 2.67 bits per heavy atom. The van der Waals surface area contributed by atoms with Crippen LogP contribution >= 0.6 is 0 Å². The summed E-state index contributed by atoms with van der Waals surface area (Å²) in [5, 5.41) is 6.23. The second-order valence-corrected chi connectivity index (χ2v) is 6.23. The zero-order chi connectivity index (χ0) is 15.4. The van der Waals surface area contributed by atoms with E-state index in [-0.39, 0.29) is 17.9 Å². The lowest BCUT2D eigenvalue weighted by Crippen LogP contribution is -2.34. The number of hydrogen-bond donors (Lipinski definition) is 2. The maximum absolute atomic E-state index is 12.5. The fourth-order valence-electron chi connectivity index (χ4n) is 2.37. The number of nitrogens with one attached hydrogen (secondary N) is 2. The van der Waals surface area contributed by atoms with Crippen LogP contribution in [0.2, 0.25) is 0 Å². The number of carbonyl (C=O) groups is 1. The minimum absolute atomic E-state index is 0.108. The van der Waals surface area contributed by atoms with Crippen LogP contribution in [0.25, 0.3) is 0 Å². The van der Waals surface area contributed by atoms with E-state index in [0.717, 1.165) is 18.9 Å². The van der Waals surface area contributed by atoms with Gasteiger partial charge in [0, 0.05) is 18.5 Å². The number of carbonyl (C=O) groups excluding carboxylic acids is 1. The smallest absolute Gasteiger partial charge is 0.272 e. The molecule has 1 atom stereocenters. The van der Waals surface area contributed by atoms with Crippen LogP contribution in [0.15, 0.2) is 6.20 Å². The van der Waals surface area contributed by atoms with Gasteiger partial charge in [-0.05, 0) is 26.2 Å². The number of nitrogens with zero attached hydrogens (tertiary/aromatic N) is 2. The Morgan fingerprint density at radius 1 is 1.38 bits per heavy atom. The Morgan fingerprint density at radius 2 is 2.10 bits per heavy atom. The van der Waals surface area contributed by atoms with Gasteiger partial charge in [-0.15, -0.1) is 0 Å². The third-order valence-electron chi connectivity index (χ3n) is 3.67. The van der Waals surface area contributed by atoms with E-state index in [9.17, 15) is 4.79 Å². The Balaban J connectivity index is 2.13. The molecule has 116 valence electrons. The molecule has 0 spiro atoms. The molecule has 0 aromatic carbocycles. The van der Waals surface area contributed by atoms with Crippen molar-refractivity contribution in [1.29, 1.82) is 0 Å². The van der Waals surface area contributed by atoms with Crippen LogP contribution in [0.1, 0.15) is 69.2 Å². The molecule has 1 amide bonds. The summed E-state index contributed by atoms with van der Waals surface area (Å²) in [6.07, 6.45) is 5.37.